The predicted molar refractivity (Wildman–Crippen MR) is 110 cm³/mol. The fraction of sp³-hybridized carbons (Fsp3) is 0.727. The number of guanidine groups is 1. The maximum absolute atomic E-state index is 11.8. The van der Waals surface area contributed by atoms with E-state index in [9.17, 15) is 4.79 Å². The van der Waals surface area contributed by atoms with Gasteiger partial charge in [0.25, 0.3) is 0 Å². The van der Waals surface area contributed by atoms with Crippen molar-refractivity contribution in [2.75, 3.05) is 32.7 Å². The van der Waals surface area contributed by atoms with E-state index >= 15 is 0 Å². The van der Waals surface area contributed by atoms with Crippen LogP contribution in [0.15, 0.2) is 27.8 Å². The first kappa shape index (κ1) is 19.3. The molecular formula is C22H34N4O2. The van der Waals surface area contributed by atoms with E-state index < -0.39 is 0 Å². The van der Waals surface area contributed by atoms with Gasteiger partial charge in [0.15, 0.2) is 5.96 Å². The summed E-state index contributed by atoms with van der Waals surface area (Å²) in [6, 6.07) is 3.96. The number of likely N-dealkylation sites (tertiary alicyclic amines) is 1. The number of nitrogens with zero attached hydrogens (tertiary/aromatic N) is 2. The average molecular weight is 387 g/mol. The summed E-state index contributed by atoms with van der Waals surface area (Å²) in [5, 5.41) is 6.64. The van der Waals surface area contributed by atoms with Gasteiger partial charge >= 0.3 is 0 Å². The Balaban J connectivity index is 1.40. The number of carbonyl (C=O) groups excluding carboxylic acids is 1. The van der Waals surface area contributed by atoms with Crippen LogP contribution in [0, 0.1) is 11.3 Å². The van der Waals surface area contributed by atoms with Crippen molar-refractivity contribution in [1.29, 1.82) is 0 Å². The van der Waals surface area contributed by atoms with Crippen LogP contribution in [-0.2, 0) is 11.2 Å². The number of carbonyl (C=O) groups is 1. The standard InChI is InChI=1S/C22H34N4O2/c27-20-14-22(16-25-20)10-5-12-26(17-22)21(23-11-9-19-8-4-13-28-19)24-15-18-6-2-1-3-7-18/h4,8,13,18H,1-3,5-7,9-12,14-17H2,(H,23,24)(H,25,27). The number of amides is 1. The van der Waals surface area contributed by atoms with Gasteiger partial charge < -0.3 is 20.0 Å². The summed E-state index contributed by atoms with van der Waals surface area (Å²) in [5.74, 6) is 2.95. The molecule has 6 heteroatoms. The minimum atomic E-state index is 0.0869. The number of hydrogen-bond donors (Lipinski definition) is 2. The Morgan fingerprint density at radius 3 is 2.96 bits per heavy atom. The van der Waals surface area contributed by atoms with Crippen molar-refractivity contribution in [1.82, 2.24) is 15.5 Å². The lowest BCUT2D eigenvalue weighted by Gasteiger charge is -2.41. The third kappa shape index (κ3) is 4.89. The third-order valence-corrected chi connectivity index (χ3v) is 6.62. The van der Waals surface area contributed by atoms with Crippen LogP contribution in [-0.4, -0.2) is 49.5 Å². The molecule has 4 rings (SSSR count). The van der Waals surface area contributed by atoms with Crippen LogP contribution in [0.25, 0.3) is 0 Å². The lowest BCUT2D eigenvalue weighted by Crippen LogP contribution is -2.51. The SMILES string of the molecule is O=C1CC2(CCCN(C(=NCC3CCCCC3)NCCc3ccco3)C2)CN1. The molecule has 0 aromatic carbocycles. The monoisotopic (exact) mass is 386 g/mol. The summed E-state index contributed by atoms with van der Waals surface area (Å²) in [5.41, 5.74) is 0.0869. The van der Waals surface area contributed by atoms with Crippen LogP contribution in [0.5, 0.6) is 0 Å². The van der Waals surface area contributed by atoms with Gasteiger partial charge in [0, 0.05) is 51.0 Å². The van der Waals surface area contributed by atoms with E-state index in [-0.39, 0.29) is 11.3 Å². The molecular weight excluding hydrogens is 352 g/mol. The average Bonchev–Trinajstić information content (AvgIpc) is 3.35. The first-order chi connectivity index (χ1) is 13.7. The fourth-order valence-corrected chi connectivity index (χ4v) is 5.03. The molecule has 2 aliphatic heterocycles. The molecule has 3 fully saturated rings. The van der Waals surface area contributed by atoms with Gasteiger partial charge in [-0.1, -0.05) is 19.3 Å². The summed E-state index contributed by atoms with van der Waals surface area (Å²) >= 11 is 0. The normalized spacial score (nSPS) is 26.6. The lowest BCUT2D eigenvalue weighted by molar-refractivity contribution is -0.119. The quantitative estimate of drug-likeness (QED) is 0.603. The van der Waals surface area contributed by atoms with Gasteiger partial charge in [-0.15, -0.1) is 0 Å². The number of hydrogen-bond acceptors (Lipinski definition) is 3. The molecule has 6 nitrogen and oxygen atoms in total. The van der Waals surface area contributed by atoms with E-state index in [1.54, 1.807) is 6.26 Å². The molecule has 1 amide bonds. The van der Waals surface area contributed by atoms with Gasteiger partial charge in [0.2, 0.25) is 5.91 Å². The Morgan fingerprint density at radius 1 is 1.32 bits per heavy atom. The second-order valence-corrected chi connectivity index (χ2v) is 8.90. The van der Waals surface area contributed by atoms with Crippen molar-refractivity contribution in [2.45, 2.75) is 57.8 Å². The van der Waals surface area contributed by atoms with Gasteiger partial charge in [0.1, 0.15) is 5.76 Å². The first-order valence-corrected chi connectivity index (χ1v) is 11.0. The highest BCUT2D eigenvalue weighted by Gasteiger charge is 2.42. The first-order valence-electron chi connectivity index (χ1n) is 11.0. The van der Waals surface area contributed by atoms with E-state index in [1.165, 1.54) is 32.1 Å². The molecule has 2 saturated heterocycles. The Bertz CT molecular complexity index is 666. The second kappa shape index (κ2) is 9.01. The van der Waals surface area contributed by atoms with Crippen molar-refractivity contribution < 1.29 is 9.21 Å². The predicted octanol–water partition coefficient (Wildman–Crippen LogP) is 2.95. The Morgan fingerprint density at radius 2 is 2.21 bits per heavy atom. The van der Waals surface area contributed by atoms with Gasteiger partial charge in [-0.2, -0.15) is 0 Å². The smallest absolute Gasteiger partial charge is 0.220 e. The van der Waals surface area contributed by atoms with Crippen LogP contribution < -0.4 is 10.6 Å². The van der Waals surface area contributed by atoms with Crippen LogP contribution in [0.2, 0.25) is 0 Å². The van der Waals surface area contributed by atoms with Crippen molar-refractivity contribution >= 4 is 11.9 Å². The molecule has 3 heterocycles. The van der Waals surface area contributed by atoms with E-state index in [0.29, 0.717) is 6.42 Å². The molecule has 3 aliphatic rings. The highest BCUT2D eigenvalue weighted by atomic mass is 16.3. The molecule has 1 spiro atoms. The van der Waals surface area contributed by atoms with Crippen molar-refractivity contribution in [3.63, 3.8) is 0 Å². The largest absolute Gasteiger partial charge is 0.469 e. The van der Waals surface area contributed by atoms with Crippen LogP contribution in [0.1, 0.15) is 57.1 Å². The van der Waals surface area contributed by atoms with Crippen molar-refractivity contribution in [2.24, 2.45) is 16.3 Å². The van der Waals surface area contributed by atoms with E-state index in [2.05, 4.69) is 15.5 Å². The van der Waals surface area contributed by atoms with E-state index in [4.69, 9.17) is 9.41 Å². The van der Waals surface area contributed by atoms with E-state index in [1.807, 2.05) is 12.1 Å². The number of aliphatic imine (C=N–C) groups is 1. The molecule has 1 aromatic rings. The third-order valence-electron chi connectivity index (χ3n) is 6.62. The minimum Gasteiger partial charge on any atom is -0.469 e. The highest BCUT2D eigenvalue weighted by molar-refractivity contribution is 5.81. The summed E-state index contributed by atoms with van der Waals surface area (Å²) in [4.78, 5) is 19.3. The molecule has 1 aliphatic carbocycles. The summed E-state index contributed by atoms with van der Waals surface area (Å²) in [7, 11) is 0. The van der Waals surface area contributed by atoms with Crippen molar-refractivity contribution in [3.05, 3.63) is 24.2 Å². The molecule has 0 bridgehead atoms. The fourth-order valence-electron chi connectivity index (χ4n) is 5.03. The molecule has 1 unspecified atom stereocenters. The Kier molecular flexibility index (Phi) is 6.23. The zero-order valence-electron chi connectivity index (χ0n) is 16.9. The maximum atomic E-state index is 11.8. The zero-order chi connectivity index (χ0) is 19.2. The summed E-state index contributed by atoms with van der Waals surface area (Å²) < 4.78 is 5.46. The molecule has 154 valence electrons. The molecule has 1 saturated carbocycles. The Hall–Kier alpha value is -1.98. The molecule has 1 aromatic heterocycles. The summed E-state index contributed by atoms with van der Waals surface area (Å²) in [6.07, 6.45) is 12.2. The maximum Gasteiger partial charge on any atom is 0.220 e. The van der Waals surface area contributed by atoms with E-state index in [0.717, 1.165) is 69.6 Å². The zero-order valence-corrected chi connectivity index (χ0v) is 16.9. The van der Waals surface area contributed by atoms with Gasteiger partial charge in [-0.25, -0.2) is 0 Å². The van der Waals surface area contributed by atoms with Gasteiger partial charge in [0.05, 0.1) is 6.26 Å². The minimum absolute atomic E-state index is 0.0869. The number of furan rings is 1. The number of rotatable bonds is 5. The van der Waals surface area contributed by atoms with Crippen LogP contribution >= 0.6 is 0 Å². The topological polar surface area (TPSA) is 69.9 Å². The molecule has 0 radical (unpaired) electrons. The summed E-state index contributed by atoms with van der Waals surface area (Å²) in [6.45, 7) is 4.49. The number of nitrogens with one attached hydrogen (secondary N) is 2. The van der Waals surface area contributed by atoms with Crippen molar-refractivity contribution in [3.8, 4) is 0 Å². The van der Waals surface area contributed by atoms with Gasteiger partial charge in [-0.05, 0) is 43.7 Å². The molecule has 28 heavy (non-hydrogen) atoms. The molecule has 1 atom stereocenters. The molecule has 2 N–H and O–H groups in total. The lowest BCUT2D eigenvalue weighted by atomic mass is 9.79. The Labute approximate surface area is 168 Å². The second-order valence-electron chi connectivity index (χ2n) is 8.90. The number of piperidine rings is 1. The van der Waals surface area contributed by atoms with Crippen LogP contribution in [0.4, 0.5) is 0 Å². The van der Waals surface area contributed by atoms with Gasteiger partial charge in [-0.3, -0.25) is 9.79 Å². The highest BCUT2D eigenvalue weighted by Crippen LogP contribution is 2.36. The van der Waals surface area contributed by atoms with Crippen LogP contribution in [0.3, 0.4) is 0 Å².